The van der Waals surface area contributed by atoms with Crippen molar-refractivity contribution in [2.75, 3.05) is 5.32 Å². The Labute approximate surface area is 170 Å². The summed E-state index contributed by atoms with van der Waals surface area (Å²) in [6.45, 7) is 0. The maximum Gasteiger partial charge on any atom is 0.259 e. The van der Waals surface area contributed by atoms with E-state index < -0.39 is 0 Å². The minimum atomic E-state index is -0.233. The minimum Gasteiger partial charge on any atom is -0.508 e. The van der Waals surface area contributed by atoms with Gasteiger partial charge in [0.2, 0.25) is 5.95 Å². The molecule has 2 N–H and O–H groups in total. The number of anilines is 2. The summed E-state index contributed by atoms with van der Waals surface area (Å²) >= 11 is 12.7. The molecular weight excluding hydrogens is 399 g/mol. The molecule has 0 unspecified atom stereocenters. The third kappa shape index (κ3) is 3.37. The number of hydrogen-bond donors (Lipinski definition) is 2. The van der Waals surface area contributed by atoms with Crippen molar-refractivity contribution in [1.29, 1.82) is 0 Å². The Hall–Kier alpha value is -2.83. The molecule has 142 valence electrons. The van der Waals surface area contributed by atoms with Crippen LogP contribution >= 0.6 is 23.2 Å². The molecule has 0 spiro atoms. The Bertz CT molecular complexity index is 1200. The number of halogens is 2. The molecule has 0 atom stereocenters. The number of nitrogens with one attached hydrogen (secondary N) is 1. The van der Waals surface area contributed by atoms with E-state index in [1.165, 1.54) is 4.57 Å². The smallest absolute Gasteiger partial charge is 0.259 e. The van der Waals surface area contributed by atoms with E-state index in [1.54, 1.807) is 43.6 Å². The van der Waals surface area contributed by atoms with Gasteiger partial charge in [0.25, 0.3) is 5.56 Å². The number of rotatable bonds is 3. The molecule has 2 heterocycles. The number of hydrogen-bond acceptors (Lipinski definition) is 5. The van der Waals surface area contributed by atoms with Crippen molar-refractivity contribution in [2.45, 2.75) is 12.8 Å². The Morgan fingerprint density at radius 3 is 2.68 bits per heavy atom. The summed E-state index contributed by atoms with van der Waals surface area (Å²) < 4.78 is 1.46. The van der Waals surface area contributed by atoms with Crippen LogP contribution in [-0.4, -0.2) is 19.6 Å². The maximum absolute atomic E-state index is 13.0. The molecule has 0 saturated heterocycles. The molecule has 0 saturated carbocycles. The van der Waals surface area contributed by atoms with Crippen LogP contribution in [0.25, 0.3) is 16.6 Å². The molecule has 0 bridgehead atoms. The molecule has 1 aliphatic carbocycles. The van der Waals surface area contributed by atoms with Gasteiger partial charge in [0.1, 0.15) is 11.4 Å². The summed E-state index contributed by atoms with van der Waals surface area (Å²) in [7, 11) is 1.65. The van der Waals surface area contributed by atoms with Gasteiger partial charge in [-0.05, 0) is 43.2 Å². The van der Waals surface area contributed by atoms with Crippen molar-refractivity contribution < 1.29 is 5.11 Å². The Kier molecular flexibility index (Phi) is 4.83. The summed E-state index contributed by atoms with van der Waals surface area (Å²) in [4.78, 5) is 21.7. The first kappa shape index (κ1) is 18.5. The molecular formula is C20H16Cl2N4O2. The van der Waals surface area contributed by atoms with E-state index in [1.807, 2.05) is 6.08 Å². The standard InChI is InChI=1S/C20H16Cl2N4O2/c1-26-18-11(9-14(19(26)28)17-15(21)3-2-4-16(17)22)10-23-20(25-18)24-12-5-7-13(27)8-6-12/h3,5-10,27H,2,4H2,1H3,(H,23,24,25). The fourth-order valence-electron chi connectivity index (χ4n) is 3.12. The summed E-state index contributed by atoms with van der Waals surface area (Å²) in [5, 5.41) is 14.2. The lowest BCUT2D eigenvalue weighted by atomic mass is 9.99. The minimum absolute atomic E-state index is 0.170. The molecule has 0 radical (unpaired) electrons. The van der Waals surface area contributed by atoms with Crippen LogP contribution in [0.4, 0.5) is 11.6 Å². The van der Waals surface area contributed by atoms with Gasteiger partial charge in [0, 0.05) is 40.0 Å². The summed E-state index contributed by atoms with van der Waals surface area (Å²) in [5.74, 6) is 0.511. The SMILES string of the molecule is Cn1c(=O)c(C2=C(Cl)CCC=C2Cl)cc2cnc(Nc3ccc(O)cc3)nc21. The topological polar surface area (TPSA) is 80.0 Å². The van der Waals surface area contributed by atoms with Crippen LogP contribution in [0.3, 0.4) is 0 Å². The molecule has 3 aromatic rings. The van der Waals surface area contributed by atoms with Crippen LogP contribution in [0.2, 0.25) is 0 Å². The first-order chi connectivity index (χ1) is 13.4. The van der Waals surface area contributed by atoms with Crippen LogP contribution < -0.4 is 10.9 Å². The maximum atomic E-state index is 13.0. The van der Waals surface area contributed by atoms with E-state index in [2.05, 4.69) is 15.3 Å². The van der Waals surface area contributed by atoms with Crippen LogP contribution in [0.15, 0.2) is 57.5 Å². The highest BCUT2D eigenvalue weighted by Gasteiger charge is 2.20. The second-order valence-corrected chi connectivity index (χ2v) is 7.30. The first-order valence-corrected chi connectivity index (χ1v) is 9.37. The van der Waals surface area contributed by atoms with E-state index in [-0.39, 0.29) is 11.3 Å². The molecule has 1 aliphatic rings. The molecule has 0 fully saturated rings. The zero-order valence-corrected chi connectivity index (χ0v) is 16.4. The third-order valence-corrected chi connectivity index (χ3v) is 5.26. The number of fused-ring (bicyclic) bond motifs is 1. The highest BCUT2D eigenvalue weighted by atomic mass is 35.5. The van der Waals surface area contributed by atoms with Crippen LogP contribution in [0, 0.1) is 0 Å². The monoisotopic (exact) mass is 414 g/mol. The average molecular weight is 415 g/mol. The lowest BCUT2D eigenvalue weighted by Gasteiger charge is -2.16. The number of aromatic nitrogens is 3. The van der Waals surface area contributed by atoms with Crippen molar-refractivity contribution in [1.82, 2.24) is 14.5 Å². The molecule has 2 aromatic heterocycles. The van der Waals surface area contributed by atoms with Crippen molar-refractivity contribution in [3.8, 4) is 5.75 Å². The average Bonchev–Trinajstić information content (AvgIpc) is 2.68. The Morgan fingerprint density at radius 2 is 1.96 bits per heavy atom. The number of phenols is 1. The predicted octanol–water partition coefficient (Wildman–Crippen LogP) is 4.64. The van der Waals surface area contributed by atoms with Crippen molar-refractivity contribution in [2.24, 2.45) is 7.05 Å². The first-order valence-electron chi connectivity index (χ1n) is 8.62. The highest BCUT2D eigenvalue weighted by molar-refractivity contribution is 6.42. The summed E-state index contributed by atoms with van der Waals surface area (Å²) in [6.07, 6.45) is 4.92. The third-order valence-electron chi connectivity index (χ3n) is 4.54. The molecule has 0 aliphatic heterocycles. The lowest BCUT2D eigenvalue weighted by Crippen LogP contribution is -2.22. The lowest BCUT2D eigenvalue weighted by molar-refractivity contribution is 0.475. The molecule has 1 aromatic carbocycles. The van der Waals surface area contributed by atoms with Crippen molar-refractivity contribution in [3.05, 3.63) is 68.6 Å². The molecule has 4 rings (SSSR count). The molecule has 8 heteroatoms. The van der Waals surface area contributed by atoms with Gasteiger partial charge < -0.3 is 10.4 Å². The van der Waals surface area contributed by atoms with Gasteiger partial charge in [-0.25, -0.2) is 4.98 Å². The number of pyridine rings is 1. The van der Waals surface area contributed by atoms with Gasteiger partial charge in [0.05, 0.1) is 5.56 Å². The summed E-state index contributed by atoms with van der Waals surface area (Å²) in [5.41, 5.74) is 1.98. The number of benzene rings is 1. The number of aryl methyl sites for hydroxylation is 1. The van der Waals surface area contributed by atoms with Crippen LogP contribution in [0.1, 0.15) is 18.4 Å². The zero-order chi connectivity index (χ0) is 19.8. The second kappa shape index (κ2) is 7.30. The van der Waals surface area contributed by atoms with E-state index >= 15 is 0 Å². The van der Waals surface area contributed by atoms with E-state index in [0.717, 1.165) is 12.1 Å². The highest BCUT2D eigenvalue weighted by Crippen LogP contribution is 2.36. The van der Waals surface area contributed by atoms with Crippen LogP contribution in [0.5, 0.6) is 5.75 Å². The number of aromatic hydroxyl groups is 1. The Balaban J connectivity index is 1.79. The quantitative estimate of drug-likeness (QED) is 0.609. The number of phenolic OH excluding ortho intramolecular Hbond substituents is 1. The van der Waals surface area contributed by atoms with E-state index in [4.69, 9.17) is 23.2 Å². The fraction of sp³-hybridized carbons (Fsp3) is 0.150. The number of allylic oxidation sites excluding steroid dienone is 4. The normalized spacial score (nSPS) is 14.3. The van der Waals surface area contributed by atoms with E-state index in [9.17, 15) is 9.90 Å². The number of nitrogens with zero attached hydrogens (tertiary/aromatic N) is 3. The van der Waals surface area contributed by atoms with Gasteiger partial charge in [-0.3, -0.25) is 9.36 Å². The van der Waals surface area contributed by atoms with E-state index in [0.29, 0.717) is 44.6 Å². The van der Waals surface area contributed by atoms with Crippen molar-refractivity contribution >= 4 is 51.4 Å². The molecule has 6 nitrogen and oxygen atoms in total. The Morgan fingerprint density at radius 1 is 1.21 bits per heavy atom. The van der Waals surface area contributed by atoms with Gasteiger partial charge in [-0.2, -0.15) is 4.98 Å². The zero-order valence-electron chi connectivity index (χ0n) is 14.9. The molecule has 0 amide bonds. The predicted molar refractivity (Wildman–Crippen MR) is 112 cm³/mol. The van der Waals surface area contributed by atoms with Gasteiger partial charge >= 0.3 is 0 Å². The van der Waals surface area contributed by atoms with Gasteiger partial charge in [-0.15, -0.1) is 0 Å². The largest absolute Gasteiger partial charge is 0.508 e. The summed E-state index contributed by atoms with van der Waals surface area (Å²) in [6, 6.07) is 8.25. The van der Waals surface area contributed by atoms with Gasteiger partial charge in [-0.1, -0.05) is 29.3 Å². The fourth-order valence-corrected chi connectivity index (χ4v) is 3.80. The van der Waals surface area contributed by atoms with Gasteiger partial charge in [0.15, 0.2) is 0 Å². The second-order valence-electron chi connectivity index (χ2n) is 6.44. The van der Waals surface area contributed by atoms with Crippen LogP contribution in [-0.2, 0) is 7.05 Å². The van der Waals surface area contributed by atoms with Crippen molar-refractivity contribution in [3.63, 3.8) is 0 Å². The molecule has 28 heavy (non-hydrogen) atoms.